The molecule has 3 fully saturated rings. The van der Waals surface area contributed by atoms with E-state index in [2.05, 4.69) is 33.2 Å². The Bertz CT molecular complexity index is 1250. The number of carbonyl (C=O) groups excluding carboxylic acids is 1. The molecule has 3 atom stereocenters. The molecular weight excluding hydrogens is 442 g/mol. The van der Waals surface area contributed by atoms with E-state index in [1.165, 1.54) is 6.42 Å². The molecule has 0 saturated carbocycles. The number of likely N-dealkylation sites (N-methyl/N-ethyl adjacent to an activating group) is 1. The van der Waals surface area contributed by atoms with Crippen LogP contribution in [-0.4, -0.2) is 77.2 Å². The van der Waals surface area contributed by atoms with Crippen LogP contribution in [0.4, 0.5) is 5.82 Å². The number of amides is 1. The molecule has 1 aromatic carbocycles. The molecule has 3 saturated heterocycles. The first kappa shape index (κ1) is 22.2. The van der Waals surface area contributed by atoms with Crippen LogP contribution in [0.25, 0.3) is 22.2 Å². The zero-order valence-corrected chi connectivity index (χ0v) is 20.0. The van der Waals surface area contributed by atoms with Gasteiger partial charge in [-0.15, -0.1) is 0 Å². The van der Waals surface area contributed by atoms with E-state index in [0.717, 1.165) is 61.2 Å². The maximum Gasteiger partial charge on any atom is 0.319 e. The van der Waals surface area contributed by atoms with Crippen LogP contribution in [0, 0.1) is 0 Å². The summed E-state index contributed by atoms with van der Waals surface area (Å²) >= 11 is 0. The first-order valence-electron chi connectivity index (χ1n) is 12.5. The minimum absolute atomic E-state index is 0.244. The van der Waals surface area contributed by atoms with E-state index in [1.54, 1.807) is 12.1 Å². The van der Waals surface area contributed by atoms with Gasteiger partial charge in [0.15, 0.2) is 0 Å². The molecule has 3 aliphatic rings. The summed E-state index contributed by atoms with van der Waals surface area (Å²) < 4.78 is 6.20. The fourth-order valence-electron chi connectivity index (χ4n) is 5.73. The second kappa shape index (κ2) is 9.05. The van der Waals surface area contributed by atoms with Gasteiger partial charge in [0.25, 0.3) is 5.91 Å². The Kier molecular flexibility index (Phi) is 5.74. The van der Waals surface area contributed by atoms with Gasteiger partial charge in [0.1, 0.15) is 18.1 Å². The lowest BCUT2D eigenvalue weighted by Gasteiger charge is -2.37. The van der Waals surface area contributed by atoms with Crippen LogP contribution in [0.1, 0.15) is 36.2 Å². The molecule has 6 rings (SSSR count). The summed E-state index contributed by atoms with van der Waals surface area (Å²) in [6.45, 7) is 3.61. The first-order chi connectivity index (χ1) is 17.1. The number of primary amides is 1. The van der Waals surface area contributed by atoms with Crippen LogP contribution < -0.4 is 20.7 Å². The highest BCUT2D eigenvalue weighted by Gasteiger charge is 2.38. The fourth-order valence-corrected chi connectivity index (χ4v) is 5.73. The fraction of sp³-hybridized carbons (Fsp3) is 0.462. The number of fused-ring (bicyclic) bond motifs is 3. The molecule has 182 valence electrons. The van der Waals surface area contributed by atoms with Gasteiger partial charge in [-0.05, 0) is 63.5 Å². The van der Waals surface area contributed by atoms with Crippen molar-refractivity contribution in [3.05, 3.63) is 42.1 Å². The van der Waals surface area contributed by atoms with E-state index in [9.17, 15) is 4.79 Å². The number of rotatable bonds is 6. The number of aromatic nitrogens is 3. The molecular formula is C26H31N7O2. The summed E-state index contributed by atoms with van der Waals surface area (Å²) in [7, 11) is 2.14. The Labute approximate surface area is 204 Å². The molecule has 2 unspecified atom stereocenters. The maximum atomic E-state index is 11.6. The lowest BCUT2D eigenvalue weighted by Crippen LogP contribution is -2.52. The van der Waals surface area contributed by atoms with E-state index >= 15 is 0 Å². The number of ether oxygens (including phenoxy) is 1. The number of nitrogens with zero attached hydrogens (tertiary/aromatic N) is 5. The van der Waals surface area contributed by atoms with Crippen LogP contribution in [0.2, 0.25) is 0 Å². The molecule has 0 radical (unpaired) electrons. The van der Waals surface area contributed by atoms with Crippen molar-refractivity contribution in [3.8, 4) is 17.3 Å². The van der Waals surface area contributed by atoms with Crippen molar-refractivity contribution < 1.29 is 9.53 Å². The summed E-state index contributed by atoms with van der Waals surface area (Å²) in [6, 6.07) is 13.0. The number of carbonyl (C=O) groups is 1. The molecule has 0 spiro atoms. The lowest BCUT2D eigenvalue weighted by atomic mass is 10.1. The summed E-state index contributed by atoms with van der Waals surface area (Å²) in [5.41, 5.74) is 8.05. The van der Waals surface area contributed by atoms with Gasteiger partial charge in [0, 0.05) is 42.2 Å². The molecule has 3 aliphatic heterocycles. The smallest absolute Gasteiger partial charge is 0.319 e. The molecule has 2 bridgehead atoms. The number of anilines is 1. The standard InChI is InChI=1S/C26H31N7O2/c1-32-11-3-4-19(32)15-35-26-30-23-12-16(21-5-2-6-22(29-21)24(27)34)7-10-20(23)25(31-26)33-17-8-9-18(33)14-28-13-17/h2,5-7,10,12,17-19,28H,3-4,8-9,11,13-15H2,1H3,(H2,27,34)/t17?,18?,19-/m0/s1. The monoisotopic (exact) mass is 473 g/mol. The number of nitrogens with two attached hydrogens (primary N) is 1. The van der Waals surface area contributed by atoms with Gasteiger partial charge in [-0.3, -0.25) is 4.79 Å². The van der Waals surface area contributed by atoms with Gasteiger partial charge >= 0.3 is 6.01 Å². The van der Waals surface area contributed by atoms with Crippen LogP contribution in [-0.2, 0) is 0 Å². The number of likely N-dealkylation sites (tertiary alicyclic amines) is 1. The Morgan fingerprint density at radius 1 is 1.11 bits per heavy atom. The second-order valence-corrected chi connectivity index (χ2v) is 9.87. The largest absolute Gasteiger partial charge is 0.462 e. The van der Waals surface area contributed by atoms with Gasteiger partial charge in [0.05, 0.1) is 11.2 Å². The zero-order valence-electron chi connectivity index (χ0n) is 20.0. The van der Waals surface area contributed by atoms with Crippen molar-refractivity contribution in [1.82, 2.24) is 25.2 Å². The number of hydrogen-bond donors (Lipinski definition) is 2. The molecule has 3 aromatic rings. The van der Waals surface area contributed by atoms with Gasteiger partial charge in [-0.2, -0.15) is 9.97 Å². The van der Waals surface area contributed by atoms with E-state index < -0.39 is 5.91 Å². The van der Waals surface area contributed by atoms with Crippen molar-refractivity contribution in [2.75, 3.05) is 38.2 Å². The third kappa shape index (κ3) is 4.19. The number of hydrogen-bond acceptors (Lipinski definition) is 8. The highest BCUT2D eigenvalue weighted by molar-refractivity contribution is 5.94. The maximum absolute atomic E-state index is 11.6. The molecule has 2 aromatic heterocycles. The van der Waals surface area contributed by atoms with Crippen LogP contribution >= 0.6 is 0 Å². The van der Waals surface area contributed by atoms with Gasteiger partial charge < -0.3 is 25.6 Å². The topological polar surface area (TPSA) is 110 Å². The van der Waals surface area contributed by atoms with Crippen LogP contribution in [0.3, 0.4) is 0 Å². The Hall–Kier alpha value is -3.30. The zero-order chi connectivity index (χ0) is 23.9. The Morgan fingerprint density at radius 3 is 2.69 bits per heavy atom. The van der Waals surface area contributed by atoms with Crippen LogP contribution in [0.15, 0.2) is 36.4 Å². The number of benzene rings is 1. The first-order valence-corrected chi connectivity index (χ1v) is 12.5. The van der Waals surface area contributed by atoms with E-state index in [4.69, 9.17) is 20.4 Å². The van der Waals surface area contributed by atoms with E-state index in [-0.39, 0.29) is 5.69 Å². The third-order valence-electron chi connectivity index (χ3n) is 7.65. The van der Waals surface area contributed by atoms with Crippen LogP contribution in [0.5, 0.6) is 6.01 Å². The molecule has 1 amide bonds. The average Bonchev–Trinajstić information content (AvgIpc) is 3.39. The highest BCUT2D eigenvalue weighted by atomic mass is 16.5. The van der Waals surface area contributed by atoms with Crippen molar-refractivity contribution in [3.63, 3.8) is 0 Å². The molecule has 35 heavy (non-hydrogen) atoms. The SMILES string of the molecule is CN1CCC[C@H]1COc1nc(N2C3CCC2CNC3)c2ccc(-c3cccc(C(N)=O)n3)cc2n1. The van der Waals surface area contributed by atoms with Crippen molar-refractivity contribution in [1.29, 1.82) is 0 Å². The molecule has 9 heteroatoms. The van der Waals surface area contributed by atoms with E-state index in [1.807, 2.05) is 18.2 Å². The van der Waals surface area contributed by atoms with E-state index in [0.29, 0.717) is 36.4 Å². The number of pyridine rings is 1. The lowest BCUT2D eigenvalue weighted by molar-refractivity contribution is 0.0995. The van der Waals surface area contributed by atoms with Crippen molar-refractivity contribution in [2.24, 2.45) is 5.73 Å². The van der Waals surface area contributed by atoms with Crippen molar-refractivity contribution in [2.45, 2.75) is 43.8 Å². The minimum atomic E-state index is -0.543. The highest BCUT2D eigenvalue weighted by Crippen LogP contribution is 2.37. The summed E-state index contributed by atoms with van der Waals surface area (Å²) in [5, 5.41) is 4.56. The third-order valence-corrected chi connectivity index (χ3v) is 7.65. The Balaban J connectivity index is 1.41. The minimum Gasteiger partial charge on any atom is -0.462 e. The predicted octanol–water partition coefficient (Wildman–Crippen LogP) is 2.20. The Morgan fingerprint density at radius 2 is 1.94 bits per heavy atom. The van der Waals surface area contributed by atoms with Gasteiger partial charge in [-0.25, -0.2) is 4.98 Å². The predicted molar refractivity (Wildman–Crippen MR) is 135 cm³/mol. The summed E-state index contributed by atoms with van der Waals surface area (Å²) in [5.74, 6) is 0.406. The molecule has 0 aliphatic carbocycles. The quantitative estimate of drug-likeness (QED) is 0.561. The molecule has 5 heterocycles. The van der Waals surface area contributed by atoms with Gasteiger partial charge in [-0.1, -0.05) is 12.1 Å². The van der Waals surface area contributed by atoms with Crippen molar-refractivity contribution >= 4 is 22.6 Å². The molecule has 9 nitrogen and oxygen atoms in total. The summed E-state index contributed by atoms with van der Waals surface area (Å²) in [4.78, 5) is 30.7. The van der Waals surface area contributed by atoms with Gasteiger partial charge in [0.2, 0.25) is 0 Å². The number of nitrogens with one attached hydrogen (secondary N) is 1. The average molecular weight is 474 g/mol. The molecule has 3 N–H and O–H groups in total. The number of piperazine rings is 1. The second-order valence-electron chi connectivity index (χ2n) is 9.87. The summed E-state index contributed by atoms with van der Waals surface area (Å²) in [6.07, 6.45) is 4.65. The normalized spacial score (nSPS) is 24.3.